The van der Waals surface area contributed by atoms with Gasteiger partial charge in [-0.3, -0.25) is 9.52 Å². The molecule has 0 saturated carbocycles. The van der Waals surface area contributed by atoms with E-state index in [2.05, 4.69) is 4.72 Å². The van der Waals surface area contributed by atoms with Crippen molar-refractivity contribution in [3.05, 3.63) is 77.2 Å². The zero-order chi connectivity index (χ0) is 19.7. The van der Waals surface area contributed by atoms with Crippen LogP contribution in [0, 0.1) is 0 Å². The Morgan fingerprint density at radius 3 is 2.61 bits per heavy atom. The number of carbonyl (C=O) groups excluding carboxylic acids is 1. The van der Waals surface area contributed by atoms with Gasteiger partial charge in [0.15, 0.2) is 5.76 Å². The van der Waals surface area contributed by atoms with Crippen molar-refractivity contribution in [2.45, 2.75) is 17.7 Å². The maximum Gasteiger partial charge on any atom is 0.293 e. The van der Waals surface area contributed by atoms with Crippen LogP contribution in [0.5, 0.6) is 0 Å². The van der Waals surface area contributed by atoms with Crippen molar-refractivity contribution in [3.8, 4) is 0 Å². The Balaban J connectivity index is 1.65. The zero-order valence-corrected chi connectivity index (χ0v) is 16.3. The fourth-order valence-electron chi connectivity index (χ4n) is 3.21. The normalized spacial score (nSPS) is 13.8. The summed E-state index contributed by atoms with van der Waals surface area (Å²) in [5.41, 5.74) is 2.05. The number of benzene rings is 2. The van der Waals surface area contributed by atoms with Crippen LogP contribution < -0.4 is 9.62 Å². The van der Waals surface area contributed by atoms with Gasteiger partial charge in [0.25, 0.3) is 15.9 Å². The molecule has 0 radical (unpaired) electrons. The molecule has 2 aromatic carbocycles. The molecule has 0 spiro atoms. The lowest BCUT2D eigenvalue weighted by molar-refractivity contribution is 0.0958. The standard InChI is InChI=1S/C20H17ClN2O4S/c21-15-6-9-17(10-7-15)28(25,26)22-16-8-5-14-3-1-11-23(18(14)13-16)20(24)19-4-2-12-27-19/h2,4-10,12-13,22H,1,3,11H2. The minimum absolute atomic E-state index is 0.109. The topological polar surface area (TPSA) is 79.6 Å². The number of anilines is 2. The molecule has 0 saturated heterocycles. The van der Waals surface area contributed by atoms with E-state index in [9.17, 15) is 13.2 Å². The highest BCUT2D eigenvalue weighted by atomic mass is 35.5. The molecule has 0 fully saturated rings. The molecule has 1 aromatic heterocycles. The molecule has 0 unspecified atom stereocenters. The predicted octanol–water partition coefficient (Wildman–Crippen LogP) is 4.33. The van der Waals surface area contributed by atoms with Gasteiger partial charge in [0.1, 0.15) is 0 Å². The minimum atomic E-state index is -3.77. The molecule has 0 bridgehead atoms. The summed E-state index contributed by atoms with van der Waals surface area (Å²) in [6, 6.07) is 14.4. The second-order valence-corrected chi connectivity index (χ2v) is 8.56. The summed E-state index contributed by atoms with van der Waals surface area (Å²) < 4.78 is 33.1. The van der Waals surface area contributed by atoms with E-state index in [4.69, 9.17) is 16.0 Å². The first-order chi connectivity index (χ1) is 13.4. The van der Waals surface area contributed by atoms with Crippen LogP contribution in [-0.4, -0.2) is 20.9 Å². The highest BCUT2D eigenvalue weighted by molar-refractivity contribution is 7.92. The Morgan fingerprint density at radius 1 is 1.11 bits per heavy atom. The number of sulfonamides is 1. The first kappa shape index (κ1) is 18.6. The summed E-state index contributed by atoms with van der Waals surface area (Å²) in [5.74, 6) is 0.00339. The van der Waals surface area contributed by atoms with Gasteiger partial charge >= 0.3 is 0 Å². The van der Waals surface area contributed by atoms with Gasteiger partial charge in [0.2, 0.25) is 0 Å². The second kappa shape index (κ2) is 7.33. The Kier molecular flexibility index (Phi) is 4.87. The maximum absolute atomic E-state index is 12.8. The van der Waals surface area contributed by atoms with Gasteiger partial charge in [-0.25, -0.2) is 8.42 Å². The van der Waals surface area contributed by atoms with Gasteiger partial charge in [-0.1, -0.05) is 17.7 Å². The summed E-state index contributed by atoms with van der Waals surface area (Å²) >= 11 is 5.83. The lowest BCUT2D eigenvalue weighted by Gasteiger charge is -2.29. The number of rotatable bonds is 4. The molecular weight excluding hydrogens is 400 g/mol. The molecular formula is C20H17ClN2O4S. The van der Waals surface area contributed by atoms with Crippen LogP contribution in [0.2, 0.25) is 5.02 Å². The highest BCUT2D eigenvalue weighted by Crippen LogP contribution is 2.32. The lowest BCUT2D eigenvalue weighted by Crippen LogP contribution is -2.35. The third-order valence-electron chi connectivity index (χ3n) is 4.56. The van der Waals surface area contributed by atoms with Crippen LogP contribution in [0.3, 0.4) is 0 Å². The van der Waals surface area contributed by atoms with Crippen molar-refractivity contribution < 1.29 is 17.6 Å². The summed E-state index contributed by atoms with van der Waals surface area (Å²) in [4.78, 5) is 14.5. The summed E-state index contributed by atoms with van der Waals surface area (Å²) in [6.45, 7) is 0.542. The van der Waals surface area contributed by atoms with Gasteiger partial charge in [-0.15, -0.1) is 0 Å². The van der Waals surface area contributed by atoms with Gasteiger partial charge in [0, 0.05) is 17.3 Å². The van der Waals surface area contributed by atoms with Crippen molar-refractivity contribution in [2.24, 2.45) is 0 Å². The number of nitrogens with one attached hydrogen (secondary N) is 1. The Morgan fingerprint density at radius 2 is 1.89 bits per heavy atom. The highest BCUT2D eigenvalue weighted by Gasteiger charge is 2.26. The summed E-state index contributed by atoms with van der Waals surface area (Å²) in [7, 11) is -3.77. The molecule has 1 aliphatic heterocycles. The molecule has 3 aromatic rings. The van der Waals surface area contributed by atoms with Crippen molar-refractivity contribution >= 4 is 38.9 Å². The largest absolute Gasteiger partial charge is 0.459 e. The van der Waals surface area contributed by atoms with Gasteiger partial charge in [0.05, 0.1) is 16.8 Å². The molecule has 0 atom stereocenters. The van der Waals surface area contributed by atoms with E-state index in [0.717, 1.165) is 18.4 Å². The number of fused-ring (bicyclic) bond motifs is 1. The van der Waals surface area contributed by atoms with E-state index >= 15 is 0 Å². The average Bonchev–Trinajstić information content (AvgIpc) is 3.22. The van der Waals surface area contributed by atoms with E-state index < -0.39 is 10.0 Å². The van der Waals surface area contributed by atoms with Gasteiger partial charge < -0.3 is 9.32 Å². The van der Waals surface area contributed by atoms with Gasteiger partial charge in [-0.2, -0.15) is 0 Å². The number of nitrogens with zero attached hydrogens (tertiary/aromatic N) is 1. The molecule has 1 amide bonds. The van der Waals surface area contributed by atoms with Crippen LogP contribution in [0.1, 0.15) is 22.5 Å². The van der Waals surface area contributed by atoms with E-state index in [-0.39, 0.29) is 16.6 Å². The molecule has 6 nitrogen and oxygen atoms in total. The number of halogens is 1. The SMILES string of the molecule is O=C(c1ccco1)N1CCCc2ccc(NS(=O)(=O)c3ccc(Cl)cc3)cc21. The molecule has 4 rings (SSSR count). The third-order valence-corrected chi connectivity index (χ3v) is 6.21. The van der Waals surface area contributed by atoms with Crippen LogP contribution in [0.15, 0.2) is 70.2 Å². The first-order valence-electron chi connectivity index (χ1n) is 8.71. The minimum Gasteiger partial charge on any atom is -0.459 e. The van der Waals surface area contributed by atoms with Crippen molar-refractivity contribution in [1.82, 2.24) is 0 Å². The third kappa shape index (κ3) is 3.63. The van der Waals surface area contributed by atoms with Crippen LogP contribution >= 0.6 is 11.6 Å². The Bertz CT molecular complexity index is 1110. The van der Waals surface area contributed by atoms with Crippen LogP contribution in [0.4, 0.5) is 11.4 Å². The maximum atomic E-state index is 12.8. The average molecular weight is 417 g/mol. The fourth-order valence-corrected chi connectivity index (χ4v) is 4.39. The molecule has 144 valence electrons. The lowest BCUT2D eigenvalue weighted by atomic mass is 10.0. The zero-order valence-electron chi connectivity index (χ0n) is 14.8. The summed E-state index contributed by atoms with van der Waals surface area (Å²) in [5, 5.41) is 0.458. The van der Waals surface area contributed by atoms with Crippen molar-refractivity contribution in [1.29, 1.82) is 0 Å². The molecule has 1 N–H and O–H groups in total. The molecule has 2 heterocycles. The number of hydrogen-bond donors (Lipinski definition) is 1. The molecule has 28 heavy (non-hydrogen) atoms. The van der Waals surface area contributed by atoms with E-state index in [1.165, 1.54) is 30.5 Å². The Labute approximate surface area is 167 Å². The molecule has 0 aliphatic carbocycles. The number of aryl methyl sites for hydroxylation is 1. The van der Waals surface area contributed by atoms with E-state index in [1.54, 1.807) is 29.2 Å². The van der Waals surface area contributed by atoms with Crippen molar-refractivity contribution in [3.63, 3.8) is 0 Å². The number of furan rings is 1. The summed E-state index contributed by atoms with van der Waals surface area (Å²) in [6.07, 6.45) is 3.10. The second-order valence-electron chi connectivity index (χ2n) is 6.44. The molecule has 8 heteroatoms. The number of carbonyl (C=O) groups is 1. The first-order valence-corrected chi connectivity index (χ1v) is 10.6. The predicted molar refractivity (Wildman–Crippen MR) is 107 cm³/mol. The fraction of sp³-hybridized carbons (Fsp3) is 0.150. The number of amides is 1. The van der Waals surface area contributed by atoms with Crippen LogP contribution in [0.25, 0.3) is 0 Å². The van der Waals surface area contributed by atoms with E-state index in [1.807, 2.05) is 6.07 Å². The monoisotopic (exact) mass is 416 g/mol. The Hall–Kier alpha value is -2.77. The quantitative estimate of drug-likeness (QED) is 0.686. The van der Waals surface area contributed by atoms with Crippen LogP contribution in [-0.2, 0) is 16.4 Å². The van der Waals surface area contributed by atoms with E-state index in [0.29, 0.717) is 22.9 Å². The smallest absolute Gasteiger partial charge is 0.293 e. The molecule has 1 aliphatic rings. The van der Waals surface area contributed by atoms with Gasteiger partial charge in [-0.05, 0) is 66.9 Å². The van der Waals surface area contributed by atoms with Crippen molar-refractivity contribution in [2.75, 3.05) is 16.2 Å². The number of hydrogen-bond acceptors (Lipinski definition) is 4.